The molecule has 0 saturated carbocycles. The second kappa shape index (κ2) is 5.57. The average molecular weight is 236 g/mol. The molecular formula is C13H20N2O2. The monoisotopic (exact) mass is 236 g/mol. The molecule has 0 radical (unpaired) electrons. The predicted octanol–water partition coefficient (Wildman–Crippen LogP) is 2.51. The van der Waals surface area contributed by atoms with Crippen molar-refractivity contribution in [2.45, 2.75) is 26.8 Å². The van der Waals surface area contributed by atoms with Crippen LogP contribution in [0.25, 0.3) is 0 Å². The Bertz CT molecular complexity index is 402. The molecule has 0 fully saturated rings. The Morgan fingerprint density at radius 1 is 1.35 bits per heavy atom. The van der Waals surface area contributed by atoms with Crippen molar-refractivity contribution in [3.05, 3.63) is 23.8 Å². The molecular weight excluding hydrogens is 216 g/mol. The van der Waals surface area contributed by atoms with Crippen LogP contribution in [0.15, 0.2) is 18.2 Å². The van der Waals surface area contributed by atoms with Gasteiger partial charge in [-0.05, 0) is 25.0 Å². The van der Waals surface area contributed by atoms with Gasteiger partial charge in [0.25, 0.3) is 0 Å². The molecule has 1 unspecified atom stereocenters. The minimum Gasteiger partial charge on any atom is -0.465 e. The molecule has 4 heteroatoms. The van der Waals surface area contributed by atoms with Crippen LogP contribution >= 0.6 is 0 Å². The van der Waals surface area contributed by atoms with Crippen LogP contribution in [-0.4, -0.2) is 19.1 Å². The van der Waals surface area contributed by atoms with Gasteiger partial charge in [0.05, 0.1) is 24.0 Å². The molecule has 0 bridgehead atoms. The number of ether oxygens (including phenoxy) is 1. The molecule has 0 spiro atoms. The van der Waals surface area contributed by atoms with Crippen molar-refractivity contribution in [1.82, 2.24) is 0 Å². The number of hydrogen-bond donors (Lipinski definition) is 2. The fourth-order valence-corrected chi connectivity index (χ4v) is 1.41. The maximum atomic E-state index is 11.6. The Morgan fingerprint density at radius 3 is 2.53 bits per heavy atom. The first kappa shape index (κ1) is 13.4. The minimum absolute atomic E-state index is 0.225. The van der Waals surface area contributed by atoms with E-state index in [2.05, 4.69) is 26.1 Å². The third kappa shape index (κ3) is 3.12. The number of carbonyl (C=O) groups excluding carboxylic acids is 1. The summed E-state index contributed by atoms with van der Waals surface area (Å²) in [6, 6.07) is 5.44. The quantitative estimate of drug-likeness (QED) is 0.622. The summed E-state index contributed by atoms with van der Waals surface area (Å²) in [6.07, 6.45) is 0. The van der Waals surface area contributed by atoms with E-state index < -0.39 is 0 Å². The average Bonchev–Trinajstić information content (AvgIpc) is 2.30. The van der Waals surface area contributed by atoms with Crippen LogP contribution in [0.1, 0.15) is 31.1 Å². The summed E-state index contributed by atoms with van der Waals surface area (Å²) in [5, 5.41) is 3.27. The summed E-state index contributed by atoms with van der Waals surface area (Å²) in [6.45, 7) is 6.27. The van der Waals surface area contributed by atoms with E-state index in [4.69, 9.17) is 10.5 Å². The summed E-state index contributed by atoms with van der Waals surface area (Å²) >= 11 is 0. The number of hydrogen-bond acceptors (Lipinski definition) is 4. The highest BCUT2D eigenvalue weighted by Crippen LogP contribution is 2.26. The van der Waals surface area contributed by atoms with Crippen molar-refractivity contribution in [3.8, 4) is 0 Å². The zero-order valence-electron chi connectivity index (χ0n) is 10.8. The lowest BCUT2D eigenvalue weighted by Crippen LogP contribution is -2.23. The maximum Gasteiger partial charge on any atom is 0.340 e. The summed E-state index contributed by atoms with van der Waals surface area (Å²) in [5.41, 5.74) is 7.57. The van der Waals surface area contributed by atoms with Crippen LogP contribution in [0.3, 0.4) is 0 Å². The fraction of sp³-hybridized carbons (Fsp3) is 0.462. The van der Waals surface area contributed by atoms with E-state index in [1.807, 2.05) is 0 Å². The van der Waals surface area contributed by atoms with Gasteiger partial charge >= 0.3 is 5.97 Å². The Morgan fingerprint density at radius 2 is 2.00 bits per heavy atom. The zero-order chi connectivity index (χ0) is 13.0. The second-order valence-electron chi connectivity index (χ2n) is 4.44. The first-order valence-corrected chi connectivity index (χ1v) is 5.70. The molecule has 0 aliphatic rings. The van der Waals surface area contributed by atoms with E-state index in [0.717, 1.165) is 0 Å². The fourth-order valence-electron chi connectivity index (χ4n) is 1.41. The SMILES string of the molecule is COC(=O)c1cccc(N)c1NC(C)C(C)C. The van der Waals surface area contributed by atoms with Gasteiger partial charge in [0.1, 0.15) is 0 Å². The number of benzene rings is 1. The highest BCUT2D eigenvalue weighted by molar-refractivity contribution is 5.98. The molecule has 94 valence electrons. The first-order valence-electron chi connectivity index (χ1n) is 5.70. The molecule has 4 nitrogen and oxygen atoms in total. The molecule has 0 aromatic heterocycles. The highest BCUT2D eigenvalue weighted by atomic mass is 16.5. The van der Waals surface area contributed by atoms with Gasteiger partial charge in [-0.25, -0.2) is 4.79 Å². The standard InChI is InChI=1S/C13H20N2O2/c1-8(2)9(3)15-12-10(13(16)17-4)6-5-7-11(12)14/h5-9,15H,14H2,1-4H3. The lowest BCUT2D eigenvalue weighted by Gasteiger charge is -2.21. The Hall–Kier alpha value is -1.71. The van der Waals surface area contributed by atoms with Crippen molar-refractivity contribution in [2.75, 3.05) is 18.2 Å². The van der Waals surface area contributed by atoms with Gasteiger partial charge in [-0.2, -0.15) is 0 Å². The predicted molar refractivity (Wildman–Crippen MR) is 70.1 cm³/mol. The Kier molecular flexibility index (Phi) is 4.37. The molecule has 3 N–H and O–H groups in total. The van der Waals surface area contributed by atoms with Crippen LogP contribution in [-0.2, 0) is 4.74 Å². The van der Waals surface area contributed by atoms with E-state index in [1.165, 1.54) is 7.11 Å². The largest absolute Gasteiger partial charge is 0.465 e. The number of nitrogens with two attached hydrogens (primary N) is 1. The number of nitrogens with one attached hydrogen (secondary N) is 1. The smallest absolute Gasteiger partial charge is 0.340 e. The third-order valence-corrected chi connectivity index (χ3v) is 2.87. The molecule has 1 aromatic carbocycles. The number of nitrogen functional groups attached to an aromatic ring is 1. The summed E-state index contributed by atoms with van der Waals surface area (Å²) in [5.74, 6) is 0.0656. The van der Waals surface area contributed by atoms with Gasteiger partial charge in [-0.3, -0.25) is 0 Å². The molecule has 17 heavy (non-hydrogen) atoms. The molecule has 0 aliphatic carbocycles. The minimum atomic E-state index is -0.379. The van der Waals surface area contributed by atoms with Crippen molar-refractivity contribution in [2.24, 2.45) is 5.92 Å². The van der Waals surface area contributed by atoms with E-state index in [-0.39, 0.29) is 12.0 Å². The van der Waals surface area contributed by atoms with E-state index in [0.29, 0.717) is 22.9 Å². The molecule has 1 aromatic rings. The van der Waals surface area contributed by atoms with Gasteiger partial charge in [0, 0.05) is 6.04 Å². The molecule has 0 amide bonds. The van der Waals surface area contributed by atoms with Crippen LogP contribution in [0.4, 0.5) is 11.4 Å². The highest BCUT2D eigenvalue weighted by Gasteiger charge is 2.16. The van der Waals surface area contributed by atoms with Crippen molar-refractivity contribution < 1.29 is 9.53 Å². The lowest BCUT2D eigenvalue weighted by molar-refractivity contribution is 0.0602. The summed E-state index contributed by atoms with van der Waals surface area (Å²) in [4.78, 5) is 11.6. The van der Waals surface area contributed by atoms with Crippen molar-refractivity contribution in [1.29, 1.82) is 0 Å². The summed E-state index contributed by atoms with van der Waals surface area (Å²) in [7, 11) is 1.36. The normalized spacial score (nSPS) is 12.3. The Balaban J connectivity index is 3.08. The molecule has 0 saturated heterocycles. The van der Waals surface area contributed by atoms with Gasteiger partial charge in [0.15, 0.2) is 0 Å². The van der Waals surface area contributed by atoms with E-state index in [9.17, 15) is 4.79 Å². The molecule has 1 atom stereocenters. The van der Waals surface area contributed by atoms with Crippen molar-refractivity contribution in [3.63, 3.8) is 0 Å². The lowest BCUT2D eigenvalue weighted by atomic mass is 10.0. The van der Waals surface area contributed by atoms with Crippen LogP contribution in [0, 0.1) is 5.92 Å². The Labute approximate surface area is 102 Å². The molecule has 0 aliphatic heterocycles. The number of carbonyl (C=O) groups is 1. The van der Waals surface area contributed by atoms with Gasteiger partial charge in [0.2, 0.25) is 0 Å². The number of para-hydroxylation sites is 1. The first-order chi connectivity index (χ1) is 7.97. The van der Waals surface area contributed by atoms with E-state index >= 15 is 0 Å². The maximum absolute atomic E-state index is 11.6. The summed E-state index contributed by atoms with van der Waals surface area (Å²) < 4.78 is 4.74. The second-order valence-corrected chi connectivity index (χ2v) is 4.44. The van der Waals surface area contributed by atoms with Gasteiger partial charge < -0.3 is 15.8 Å². The molecule has 0 heterocycles. The zero-order valence-corrected chi connectivity index (χ0v) is 10.8. The number of methoxy groups -OCH3 is 1. The van der Waals surface area contributed by atoms with Gasteiger partial charge in [-0.15, -0.1) is 0 Å². The van der Waals surface area contributed by atoms with Crippen LogP contribution in [0.2, 0.25) is 0 Å². The number of rotatable bonds is 4. The third-order valence-electron chi connectivity index (χ3n) is 2.87. The topological polar surface area (TPSA) is 64.3 Å². The van der Waals surface area contributed by atoms with Crippen LogP contribution in [0.5, 0.6) is 0 Å². The van der Waals surface area contributed by atoms with Crippen LogP contribution < -0.4 is 11.1 Å². The number of anilines is 2. The molecule has 1 rings (SSSR count). The number of esters is 1. The van der Waals surface area contributed by atoms with Gasteiger partial charge in [-0.1, -0.05) is 19.9 Å². The van der Waals surface area contributed by atoms with Crippen molar-refractivity contribution >= 4 is 17.3 Å². The van der Waals surface area contributed by atoms with E-state index in [1.54, 1.807) is 18.2 Å².